The average Bonchev–Trinajstić information content (AvgIpc) is 2.17. The second-order valence-corrected chi connectivity index (χ2v) is 2.69. The molecule has 4 heteroatoms. The fourth-order valence-electron chi connectivity index (χ4n) is 1.14. The van der Waals surface area contributed by atoms with Crippen molar-refractivity contribution in [2.75, 3.05) is 7.11 Å². The third kappa shape index (κ3) is 2.10. The summed E-state index contributed by atoms with van der Waals surface area (Å²) in [6.07, 6.45) is 3.72. The van der Waals surface area contributed by atoms with Gasteiger partial charge in [-0.25, -0.2) is 0 Å². The third-order valence-corrected chi connectivity index (χ3v) is 1.76. The Hall–Kier alpha value is -1.84. The maximum absolute atomic E-state index is 10.6. The van der Waals surface area contributed by atoms with Gasteiger partial charge in [0.05, 0.1) is 12.0 Å². The van der Waals surface area contributed by atoms with Gasteiger partial charge in [0.2, 0.25) is 0 Å². The summed E-state index contributed by atoms with van der Waals surface area (Å²) in [6.45, 7) is 1.88. The molecule has 1 aromatic carbocycles. The van der Waals surface area contributed by atoms with E-state index in [2.05, 4.69) is 0 Å². The molecular weight excluding hydrogens is 182 g/mol. The minimum atomic E-state index is -0.460. The highest BCUT2D eigenvalue weighted by atomic mass is 16.6. The van der Waals surface area contributed by atoms with Crippen molar-refractivity contribution in [3.8, 4) is 5.75 Å². The van der Waals surface area contributed by atoms with Crippen molar-refractivity contribution in [2.24, 2.45) is 0 Å². The number of ether oxygens (including phenoxy) is 1. The Bertz CT molecular complexity index is 372. The normalized spacial score (nSPS) is 10.4. The number of benzene rings is 1. The van der Waals surface area contributed by atoms with Crippen molar-refractivity contribution in [2.45, 2.75) is 6.92 Å². The average molecular weight is 193 g/mol. The highest BCUT2D eigenvalue weighted by molar-refractivity contribution is 5.58. The van der Waals surface area contributed by atoms with Crippen LogP contribution in [0, 0.1) is 10.1 Å². The first kappa shape index (κ1) is 10.2. The lowest BCUT2D eigenvalue weighted by Crippen LogP contribution is -1.93. The van der Waals surface area contributed by atoms with Gasteiger partial charge in [0.25, 0.3) is 0 Å². The summed E-state index contributed by atoms with van der Waals surface area (Å²) in [6, 6.07) is 4.76. The van der Waals surface area contributed by atoms with E-state index in [1.54, 1.807) is 12.1 Å². The molecule has 0 fully saturated rings. The van der Waals surface area contributed by atoms with Crippen LogP contribution in [0.1, 0.15) is 12.5 Å². The van der Waals surface area contributed by atoms with Crippen molar-refractivity contribution in [1.29, 1.82) is 0 Å². The number of hydrogen-bond acceptors (Lipinski definition) is 3. The van der Waals surface area contributed by atoms with Gasteiger partial charge in [-0.2, -0.15) is 0 Å². The predicted molar refractivity (Wildman–Crippen MR) is 54.4 cm³/mol. The molecular formula is C10H11NO3. The highest BCUT2D eigenvalue weighted by Crippen LogP contribution is 2.27. The van der Waals surface area contributed by atoms with Crippen LogP contribution in [0.3, 0.4) is 0 Å². The van der Waals surface area contributed by atoms with E-state index < -0.39 is 4.92 Å². The van der Waals surface area contributed by atoms with Crippen LogP contribution in [0.2, 0.25) is 0 Å². The van der Waals surface area contributed by atoms with E-state index in [0.717, 1.165) is 5.56 Å². The van der Waals surface area contributed by atoms with Gasteiger partial charge in [-0.3, -0.25) is 10.1 Å². The SMILES string of the molecule is CC=Cc1ccc([N+](=O)[O-])c(OC)c1. The Morgan fingerprint density at radius 2 is 2.21 bits per heavy atom. The molecule has 0 aliphatic carbocycles. The number of methoxy groups -OCH3 is 1. The third-order valence-electron chi connectivity index (χ3n) is 1.76. The minimum absolute atomic E-state index is 0.0132. The zero-order chi connectivity index (χ0) is 10.6. The molecule has 0 aliphatic heterocycles. The lowest BCUT2D eigenvalue weighted by atomic mass is 10.2. The monoisotopic (exact) mass is 193 g/mol. The molecule has 0 saturated heterocycles. The molecule has 0 N–H and O–H groups in total. The molecule has 4 nitrogen and oxygen atoms in total. The van der Waals surface area contributed by atoms with E-state index in [1.807, 2.05) is 19.1 Å². The number of hydrogen-bond donors (Lipinski definition) is 0. The molecule has 0 atom stereocenters. The summed E-state index contributed by atoms with van der Waals surface area (Å²) in [5, 5.41) is 10.6. The van der Waals surface area contributed by atoms with Crippen LogP contribution in [-0.4, -0.2) is 12.0 Å². The Labute approximate surface area is 82.0 Å². The smallest absolute Gasteiger partial charge is 0.310 e. The quantitative estimate of drug-likeness (QED) is 0.547. The molecule has 0 saturated carbocycles. The topological polar surface area (TPSA) is 52.4 Å². The Kier molecular flexibility index (Phi) is 3.23. The summed E-state index contributed by atoms with van der Waals surface area (Å²) < 4.78 is 4.92. The van der Waals surface area contributed by atoms with E-state index in [0.29, 0.717) is 0 Å². The largest absolute Gasteiger partial charge is 0.490 e. The summed E-state index contributed by atoms with van der Waals surface area (Å²) in [5.74, 6) is 0.283. The predicted octanol–water partition coefficient (Wildman–Crippen LogP) is 2.64. The van der Waals surface area contributed by atoms with Gasteiger partial charge in [-0.15, -0.1) is 0 Å². The molecule has 0 amide bonds. The van der Waals surface area contributed by atoms with Crippen LogP contribution >= 0.6 is 0 Å². The molecule has 14 heavy (non-hydrogen) atoms. The van der Waals surface area contributed by atoms with Gasteiger partial charge in [0.1, 0.15) is 0 Å². The van der Waals surface area contributed by atoms with Crippen molar-refractivity contribution in [3.63, 3.8) is 0 Å². The molecule has 0 bridgehead atoms. The first-order valence-corrected chi connectivity index (χ1v) is 4.14. The summed E-state index contributed by atoms with van der Waals surface area (Å²) >= 11 is 0. The van der Waals surface area contributed by atoms with Crippen LogP contribution in [-0.2, 0) is 0 Å². The first-order valence-electron chi connectivity index (χ1n) is 4.14. The Morgan fingerprint density at radius 1 is 1.50 bits per heavy atom. The molecule has 0 aromatic heterocycles. The summed E-state index contributed by atoms with van der Waals surface area (Å²) in [4.78, 5) is 10.1. The minimum Gasteiger partial charge on any atom is -0.490 e. The molecule has 0 heterocycles. The zero-order valence-electron chi connectivity index (χ0n) is 8.06. The molecule has 1 aromatic rings. The van der Waals surface area contributed by atoms with E-state index in [9.17, 15) is 10.1 Å². The van der Waals surface area contributed by atoms with Crippen molar-refractivity contribution < 1.29 is 9.66 Å². The van der Waals surface area contributed by atoms with Crippen LogP contribution in [0.25, 0.3) is 6.08 Å². The standard InChI is InChI=1S/C10H11NO3/c1-3-4-8-5-6-9(11(12)13)10(7-8)14-2/h3-7H,1-2H3. The number of allylic oxidation sites excluding steroid dienone is 1. The maximum Gasteiger partial charge on any atom is 0.310 e. The van der Waals surface area contributed by atoms with E-state index in [1.165, 1.54) is 13.2 Å². The van der Waals surface area contributed by atoms with Gasteiger partial charge in [0, 0.05) is 6.07 Å². The second kappa shape index (κ2) is 4.41. The van der Waals surface area contributed by atoms with E-state index in [-0.39, 0.29) is 11.4 Å². The molecule has 1 rings (SSSR count). The van der Waals surface area contributed by atoms with Crippen molar-refractivity contribution in [3.05, 3.63) is 40.0 Å². The van der Waals surface area contributed by atoms with Gasteiger partial charge in [-0.05, 0) is 24.6 Å². The second-order valence-electron chi connectivity index (χ2n) is 2.69. The lowest BCUT2D eigenvalue weighted by molar-refractivity contribution is -0.385. The highest BCUT2D eigenvalue weighted by Gasteiger charge is 2.13. The first-order chi connectivity index (χ1) is 6.69. The van der Waals surface area contributed by atoms with Crippen LogP contribution in [0.4, 0.5) is 5.69 Å². The lowest BCUT2D eigenvalue weighted by Gasteiger charge is -2.01. The Morgan fingerprint density at radius 3 is 2.71 bits per heavy atom. The number of nitro benzene ring substituents is 1. The Balaban J connectivity index is 3.17. The van der Waals surface area contributed by atoms with Crippen LogP contribution < -0.4 is 4.74 Å². The van der Waals surface area contributed by atoms with E-state index >= 15 is 0 Å². The van der Waals surface area contributed by atoms with Crippen LogP contribution in [0.15, 0.2) is 24.3 Å². The van der Waals surface area contributed by atoms with Gasteiger partial charge in [-0.1, -0.05) is 12.2 Å². The fourth-order valence-corrected chi connectivity index (χ4v) is 1.14. The van der Waals surface area contributed by atoms with Crippen molar-refractivity contribution in [1.82, 2.24) is 0 Å². The van der Waals surface area contributed by atoms with Crippen molar-refractivity contribution >= 4 is 11.8 Å². The zero-order valence-corrected chi connectivity index (χ0v) is 8.06. The van der Waals surface area contributed by atoms with Gasteiger partial charge >= 0.3 is 5.69 Å². The summed E-state index contributed by atoms with van der Waals surface area (Å²) in [5.41, 5.74) is 0.871. The number of rotatable bonds is 3. The maximum atomic E-state index is 10.6. The van der Waals surface area contributed by atoms with E-state index in [4.69, 9.17) is 4.74 Å². The molecule has 74 valence electrons. The molecule has 0 aliphatic rings. The van der Waals surface area contributed by atoms with Crippen LogP contribution in [0.5, 0.6) is 5.75 Å². The van der Waals surface area contributed by atoms with Gasteiger partial charge in [0.15, 0.2) is 5.75 Å². The fraction of sp³-hybridized carbons (Fsp3) is 0.200. The molecule has 0 spiro atoms. The molecule has 0 radical (unpaired) electrons. The van der Waals surface area contributed by atoms with Gasteiger partial charge < -0.3 is 4.74 Å². The number of nitrogens with zero attached hydrogens (tertiary/aromatic N) is 1. The number of nitro groups is 1. The molecule has 0 unspecified atom stereocenters. The summed E-state index contributed by atoms with van der Waals surface area (Å²) in [7, 11) is 1.42.